The summed E-state index contributed by atoms with van der Waals surface area (Å²) >= 11 is 0. The van der Waals surface area contributed by atoms with E-state index in [1.54, 1.807) is 6.92 Å². The van der Waals surface area contributed by atoms with Gasteiger partial charge in [-0.05, 0) is 32.3 Å². The number of Topliss-reactive ketones (excluding diaryl/α,β-unsaturated/α-hetero) is 1. The van der Waals surface area contributed by atoms with Crippen molar-refractivity contribution in [1.29, 1.82) is 0 Å². The molecule has 98 valence electrons. The molecule has 3 heteroatoms. The Morgan fingerprint density at radius 3 is 2.39 bits per heavy atom. The molecule has 3 aliphatic carbocycles. The van der Waals surface area contributed by atoms with Crippen LogP contribution < -0.4 is 5.73 Å². The second-order valence-corrected chi connectivity index (χ2v) is 6.88. The van der Waals surface area contributed by atoms with Crippen molar-refractivity contribution in [1.82, 2.24) is 0 Å². The van der Waals surface area contributed by atoms with Crippen LogP contribution >= 0.6 is 0 Å². The van der Waals surface area contributed by atoms with Gasteiger partial charge in [-0.25, -0.2) is 0 Å². The molecule has 3 aliphatic rings. The molecule has 0 amide bonds. The van der Waals surface area contributed by atoms with Crippen LogP contribution in [0, 0.1) is 10.8 Å². The molecule has 0 aromatic rings. The molecular formula is C15H21NO2. The third-order valence-corrected chi connectivity index (χ3v) is 5.41. The molecule has 2 atom stereocenters. The summed E-state index contributed by atoms with van der Waals surface area (Å²) in [6.07, 6.45) is 3.73. The number of hydrogen-bond donors (Lipinski definition) is 2. The van der Waals surface area contributed by atoms with E-state index in [2.05, 4.69) is 0 Å². The number of rotatable bonds is 0. The zero-order valence-electron chi connectivity index (χ0n) is 11.5. The quantitative estimate of drug-likeness (QED) is 0.685. The van der Waals surface area contributed by atoms with E-state index >= 15 is 0 Å². The van der Waals surface area contributed by atoms with Crippen LogP contribution in [0.4, 0.5) is 0 Å². The average molecular weight is 247 g/mol. The fraction of sp³-hybridized carbons (Fsp3) is 0.667. The lowest BCUT2D eigenvalue weighted by molar-refractivity contribution is -0.137. The van der Waals surface area contributed by atoms with Gasteiger partial charge in [-0.3, -0.25) is 4.79 Å². The number of nitrogens with two attached hydrogens (primary N) is 1. The second kappa shape index (κ2) is 2.97. The normalized spacial score (nSPS) is 40.0. The molecule has 18 heavy (non-hydrogen) atoms. The Morgan fingerprint density at radius 2 is 1.89 bits per heavy atom. The molecule has 3 rings (SSSR count). The molecule has 1 saturated carbocycles. The van der Waals surface area contributed by atoms with E-state index < -0.39 is 5.60 Å². The second-order valence-electron chi connectivity index (χ2n) is 6.88. The van der Waals surface area contributed by atoms with Crippen LogP contribution in [0.1, 0.15) is 40.5 Å². The first-order valence-electron chi connectivity index (χ1n) is 6.62. The van der Waals surface area contributed by atoms with Crippen LogP contribution in [0.25, 0.3) is 0 Å². The third kappa shape index (κ3) is 1.10. The van der Waals surface area contributed by atoms with Gasteiger partial charge in [0.25, 0.3) is 0 Å². The Morgan fingerprint density at radius 1 is 1.33 bits per heavy atom. The number of fused-ring (bicyclic) bond motifs is 1. The number of carbonyl (C=O) groups excluding carboxylic acids is 1. The van der Waals surface area contributed by atoms with Crippen molar-refractivity contribution in [2.24, 2.45) is 16.6 Å². The van der Waals surface area contributed by atoms with E-state index in [1.807, 2.05) is 26.8 Å². The fourth-order valence-electron chi connectivity index (χ4n) is 3.79. The Bertz CT molecular complexity index is 519. The van der Waals surface area contributed by atoms with Crippen LogP contribution in [0.2, 0.25) is 0 Å². The van der Waals surface area contributed by atoms with Gasteiger partial charge < -0.3 is 10.8 Å². The number of aliphatic hydroxyl groups is 1. The minimum absolute atomic E-state index is 0.134. The predicted molar refractivity (Wildman–Crippen MR) is 69.8 cm³/mol. The molecule has 0 aromatic carbocycles. The average Bonchev–Trinajstić information content (AvgIpc) is 3.02. The summed E-state index contributed by atoms with van der Waals surface area (Å²) < 4.78 is 0. The van der Waals surface area contributed by atoms with E-state index in [0.29, 0.717) is 5.57 Å². The van der Waals surface area contributed by atoms with Gasteiger partial charge in [0.1, 0.15) is 5.60 Å². The van der Waals surface area contributed by atoms with E-state index in [0.717, 1.165) is 24.0 Å². The van der Waals surface area contributed by atoms with Crippen molar-refractivity contribution in [2.75, 3.05) is 0 Å². The smallest absolute Gasteiger partial charge is 0.194 e. The van der Waals surface area contributed by atoms with Crippen molar-refractivity contribution in [3.8, 4) is 0 Å². The van der Waals surface area contributed by atoms with E-state index in [1.165, 1.54) is 0 Å². The van der Waals surface area contributed by atoms with Gasteiger partial charge in [-0.1, -0.05) is 25.5 Å². The molecule has 0 aliphatic heterocycles. The molecule has 0 saturated heterocycles. The lowest BCUT2D eigenvalue weighted by Crippen LogP contribution is -2.50. The van der Waals surface area contributed by atoms with E-state index in [9.17, 15) is 9.90 Å². The Balaban J connectivity index is 2.28. The molecule has 0 aromatic heterocycles. The highest BCUT2D eigenvalue weighted by Gasteiger charge is 2.66. The molecule has 0 radical (unpaired) electrons. The first-order valence-corrected chi connectivity index (χ1v) is 6.62. The molecule has 0 unspecified atom stereocenters. The number of hydrogen-bond acceptors (Lipinski definition) is 3. The zero-order valence-corrected chi connectivity index (χ0v) is 11.5. The highest BCUT2D eigenvalue weighted by molar-refractivity contribution is 6.09. The minimum atomic E-state index is -1.26. The number of carbonyl (C=O) groups is 1. The van der Waals surface area contributed by atoms with Crippen LogP contribution in [0.15, 0.2) is 22.8 Å². The maximum absolute atomic E-state index is 12.6. The summed E-state index contributed by atoms with van der Waals surface area (Å²) in [5.74, 6) is -0.137. The standard InChI is InChI=1S/C15H21NO2/c1-8-10-9(7-13(2,3)11(10)16)12(17)14(4,18)15(8)5-6-15/h7,11,18H,5-6,16H2,1-4H3/t11-,14-/m0/s1. The first kappa shape index (κ1) is 12.1. The summed E-state index contributed by atoms with van der Waals surface area (Å²) in [4.78, 5) is 12.6. The Kier molecular flexibility index (Phi) is 2.00. The summed E-state index contributed by atoms with van der Waals surface area (Å²) in [5.41, 5.74) is 7.30. The molecule has 3 nitrogen and oxygen atoms in total. The molecule has 1 fully saturated rings. The Hall–Kier alpha value is -0.930. The maximum Gasteiger partial charge on any atom is 0.194 e. The van der Waals surface area contributed by atoms with E-state index in [4.69, 9.17) is 5.73 Å². The van der Waals surface area contributed by atoms with Crippen LogP contribution in [-0.4, -0.2) is 22.5 Å². The van der Waals surface area contributed by atoms with Gasteiger partial charge in [-0.2, -0.15) is 0 Å². The van der Waals surface area contributed by atoms with Gasteiger partial charge in [-0.15, -0.1) is 0 Å². The molecule has 0 bridgehead atoms. The lowest BCUT2D eigenvalue weighted by atomic mass is 9.67. The van der Waals surface area contributed by atoms with Crippen molar-refractivity contribution in [3.05, 3.63) is 22.8 Å². The van der Waals surface area contributed by atoms with Crippen molar-refractivity contribution in [2.45, 2.75) is 52.2 Å². The van der Waals surface area contributed by atoms with Crippen LogP contribution in [0.5, 0.6) is 0 Å². The van der Waals surface area contributed by atoms with Crippen molar-refractivity contribution < 1.29 is 9.90 Å². The summed E-state index contributed by atoms with van der Waals surface area (Å²) in [6.45, 7) is 7.80. The highest BCUT2D eigenvalue weighted by Crippen LogP contribution is 2.65. The molecule has 1 spiro atoms. The van der Waals surface area contributed by atoms with Gasteiger partial charge in [0.15, 0.2) is 5.78 Å². The van der Waals surface area contributed by atoms with Gasteiger partial charge in [0.2, 0.25) is 0 Å². The topological polar surface area (TPSA) is 63.3 Å². The zero-order chi connectivity index (χ0) is 13.5. The molecule has 0 heterocycles. The highest BCUT2D eigenvalue weighted by atomic mass is 16.3. The lowest BCUT2D eigenvalue weighted by Gasteiger charge is -2.40. The largest absolute Gasteiger partial charge is 0.381 e. The maximum atomic E-state index is 12.6. The summed E-state index contributed by atoms with van der Waals surface area (Å²) in [7, 11) is 0. The monoisotopic (exact) mass is 247 g/mol. The third-order valence-electron chi connectivity index (χ3n) is 5.41. The summed E-state index contributed by atoms with van der Waals surface area (Å²) in [5, 5.41) is 10.6. The van der Waals surface area contributed by atoms with Crippen molar-refractivity contribution in [3.63, 3.8) is 0 Å². The van der Waals surface area contributed by atoms with Crippen molar-refractivity contribution >= 4 is 5.78 Å². The first-order chi connectivity index (χ1) is 8.15. The van der Waals surface area contributed by atoms with Crippen LogP contribution in [-0.2, 0) is 4.79 Å². The van der Waals surface area contributed by atoms with Gasteiger partial charge in [0.05, 0.1) is 0 Å². The number of ketones is 1. The SMILES string of the molecule is CC1=C2C(=CC(C)(C)[C@H]2N)C(=O)[C@](C)(O)C12CC2. The van der Waals surface area contributed by atoms with Crippen LogP contribution in [0.3, 0.4) is 0 Å². The molecular weight excluding hydrogens is 226 g/mol. The predicted octanol–water partition coefficient (Wildman–Crippen LogP) is 1.71. The van der Waals surface area contributed by atoms with Gasteiger partial charge in [0, 0.05) is 22.4 Å². The minimum Gasteiger partial charge on any atom is -0.381 e. The summed E-state index contributed by atoms with van der Waals surface area (Å²) in [6, 6.07) is -0.134. The van der Waals surface area contributed by atoms with E-state index in [-0.39, 0.29) is 22.7 Å². The Labute approximate surface area is 108 Å². The molecule has 3 N–H and O–H groups in total. The van der Waals surface area contributed by atoms with Gasteiger partial charge >= 0.3 is 0 Å². The fourth-order valence-corrected chi connectivity index (χ4v) is 3.79.